The normalized spacial score (nSPS) is 11.4. The molecule has 0 radical (unpaired) electrons. The largest absolute Gasteiger partial charge is 0.707 e. The zero-order valence-corrected chi connectivity index (χ0v) is 11.5. The minimum atomic E-state index is -1.85. The molecule has 0 aliphatic carbocycles. The van der Waals surface area contributed by atoms with Crippen molar-refractivity contribution in [3.05, 3.63) is 24.3 Å². The van der Waals surface area contributed by atoms with Crippen LogP contribution in [0.3, 0.4) is 0 Å². The van der Waals surface area contributed by atoms with Gasteiger partial charge in [0.15, 0.2) is 0 Å². The van der Waals surface area contributed by atoms with Crippen LogP contribution in [0, 0.1) is 0 Å². The maximum Gasteiger partial charge on any atom is 0.707 e. The number of aromatic hydroxyl groups is 1. The van der Waals surface area contributed by atoms with Crippen LogP contribution in [-0.2, 0) is 0 Å². The van der Waals surface area contributed by atoms with Gasteiger partial charge < -0.3 is 30.0 Å². The number of hydrogen-bond acceptors (Lipinski definition) is 6. The fraction of sp³-hybridized carbons (Fsp3) is 0.500. The van der Waals surface area contributed by atoms with Crippen LogP contribution in [0.4, 0.5) is 0 Å². The molecule has 1 aromatic carbocycles. The first-order valence-corrected chi connectivity index (χ1v) is 5.70. The number of phenols is 1. The summed E-state index contributed by atoms with van der Waals surface area (Å²) in [5.41, 5.74) is -2.01. The fourth-order valence-corrected chi connectivity index (χ4v) is 0.679. The molecule has 0 bridgehead atoms. The van der Waals surface area contributed by atoms with Gasteiger partial charge in [-0.25, -0.2) is 0 Å². The second kappa shape index (κ2) is 6.77. The summed E-state index contributed by atoms with van der Waals surface area (Å²) in [6, 6.07) is 5.77. The van der Waals surface area contributed by atoms with Gasteiger partial charge in [0.2, 0.25) is 0 Å². The molecule has 1 rings (SSSR count). The minimum Gasteiger partial charge on any atom is -0.512 e. The van der Waals surface area contributed by atoms with Gasteiger partial charge in [-0.3, -0.25) is 0 Å². The van der Waals surface area contributed by atoms with Crippen molar-refractivity contribution in [3.63, 3.8) is 0 Å². The molecular weight excluding hydrogens is 251 g/mol. The standard InChI is InChI=1S/C6H7BO4.C6H14O2/c8-5-2-1-3-6(4-5)11-7(9)10;1-5(2,7)6(3,4)8/h1-4,8-10H;7-8H,1-4H3. The highest BCUT2D eigenvalue weighted by atomic mass is 16.6. The molecule has 0 heterocycles. The minimum absolute atomic E-state index is 0.0168. The fourth-order valence-electron chi connectivity index (χ4n) is 0.679. The monoisotopic (exact) mass is 272 g/mol. The highest BCUT2D eigenvalue weighted by Crippen LogP contribution is 2.19. The van der Waals surface area contributed by atoms with Gasteiger partial charge in [0.05, 0.1) is 11.2 Å². The van der Waals surface area contributed by atoms with Crippen LogP contribution >= 0.6 is 0 Å². The number of rotatable bonds is 3. The van der Waals surface area contributed by atoms with Crippen molar-refractivity contribution < 1.29 is 30.0 Å². The molecular formula is C12H21BO6. The predicted octanol–water partition coefficient (Wildman–Crippen LogP) is 0.269. The summed E-state index contributed by atoms with van der Waals surface area (Å²) in [5, 5.41) is 43.8. The first kappa shape index (κ1) is 17.7. The molecule has 0 atom stereocenters. The first-order valence-electron chi connectivity index (χ1n) is 5.70. The molecule has 0 amide bonds. The van der Waals surface area contributed by atoms with E-state index >= 15 is 0 Å². The Hall–Kier alpha value is -1.28. The number of phenolic OH excluding ortho intramolecular Hbond substituents is 1. The van der Waals surface area contributed by atoms with Gasteiger partial charge in [0, 0.05) is 6.07 Å². The molecule has 5 N–H and O–H groups in total. The molecule has 0 aliphatic heterocycles. The quantitative estimate of drug-likeness (QED) is 0.505. The van der Waals surface area contributed by atoms with Crippen molar-refractivity contribution >= 4 is 7.32 Å². The average Bonchev–Trinajstić information content (AvgIpc) is 2.13. The number of benzene rings is 1. The van der Waals surface area contributed by atoms with Crippen LogP contribution in [0.15, 0.2) is 24.3 Å². The lowest BCUT2D eigenvalue weighted by atomic mass is 9.90. The van der Waals surface area contributed by atoms with E-state index in [2.05, 4.69) is 4.65 Å². The third-order valence-corrected chi connectivity index (χ3v) is 2.56. The van der Waals surface area contributed by atoms with Crippen molar-refractivity contribution in [1.82, 2.24) is 0 Å². The summed E-state index contributed by atoms with van der Waals surface area (Å²) >= 11 is 0. The average molecular weight is 272 g/mol. The van der Waals surface area contributed by atoms with Crippen molar-refractivity contribution in [2.75, 3.05) is 0 Å². The van der Waals surface area contributed by atoms with E-state index < -0.39 is 18.5 Å². The van der Waals surface area contributed by atoms with Crippen LogP contribution < -0.4 is 4.65 Å². The van der Waals surface area contributed by atoms with Gasteiger partial charge in [-0.1, -0.05) is 6.07 Å². The molecule has 0 aromatic heterocycles. The van der Waals surface area contributed by atoms with Gasteiger partial charge in [-0.05, 0) is 39.8 Å². The molecule has 108 valence electrons. The Labute approximate surface area is 113 Å². The number of aliphatic hydroxyl groups is 2. The number of hydrogen-bond donors (Lipinski definition) is 5. The summed E-state index contributed by atoms with van der Waals surface area (Å²) in [7, 11) is -1.85. The van der Waals surface area contributed by atoms with Gasteiger partial charge in [0.25, 0.3) is 0 Å². The second-order valence-electron chi connectivity index (χ2n) is 5.06. The Kier molecular flexibility index (Phi) is 6.31. The summed E-state index contributed by atoms with van der Waals surface area (Å²) in [6.07, 6.45) is 0. The zero-order valence-electron chi connectivity index (χ0n) is 11.5. The van der Waals surface area contributed by atoms with E-state index in [9.17, 15) is 0 Å². The van der Waals surface area contributed by atoms with Crippen molar-refractivity contribution in [3.8, 4) is 11.5 Å². The van der Waals surface area contributed by atoms with Crippen LogP contribution in [0.25, 0.3) is 0 Å². The molecule has 0 aliphatic rings. The Morgan fingerprint density at radius 2 is 1.47 bits per heavy atom. The van der Waals surface area contributed by atoms with Crippen LogP contribution in [-0.4, -0.2) is 43.9 Å². The summed E-state index contributed by atoms with van der Waals surface area (Å²) in [6.45, 7) is 6.31. The molecule has 1 aromatic rings. The third kappa shape index (κ3) is 7.68. The summed E-state index contributed by atoms with van der Waals surface area (Å²) in [4.78, 5) is 0. The molecule has 0 saturated carbocycles. The molecule has 19 heavy (non-hydrogen) atoms. The van der Waals surface area contributed by atoms with Gasteiger partial charge >= 0.3 is 7.32 Å². The van der Waals surface area contributed by atoms with Crippen molar-refractivity contribution in [1.29, 1.82) is 0 Å². The second-order valence-corrected chi connectivity index (χ2v) is 5.06. The molecule has 0 saturated heterocycles. The van der Waals surface area contributed by atoms with Crippen molar-refractivity contribution in [2.24, 2.45) is 0 Å². The lowest BCUT2D eigenvalue weighted by Crippen LogP contribution is -2.44. The van der Waals surface area contributed by atoms with Gasteiger partial charge in [0.1, 0.15) is 11.5 Å². The predicted molar refractivity (Wildman–Crippen MR) is 71.5 cm³/mol. The lowest BCUT2D eigenvalue weighted by Gasteiger charge is -2.31. The van der Waals surface area contributed by atoms with Crippen LogP contribution in [0.2, 0.25) is 0 Å². The highest BCUT2D eigenvalue weighted by Gasteiger charge is 2.31. The van der Waals surface area contributed by atoms with E-state index in [-0.39, 0.29) is 11.5 Å². The van der Waals surface area contributed by atoms with E-state index in [1.807, 2.05) is 0 Å². The summed E-state index contributed by atoms with van der Waals surface area (Å²) < 4.78 is 4.45. The molecule has 0 spiro atoms. The van der Waals surface area contributed by atoms with Crippen LogP contribution in [0.1, 0.15) is 27.7 Å². The maximum atomic E-state index is 9.10. The lowest BCUT2D eigenvalue weighted by molar-refractivity contribution is -0.107. The van der Waals surface area contributed by atoms with E-state index in [0.717, 1.165) is 0 Å². The molecule has 6 nitrogen and oxygen atoms in total. The van der Waals surface area contributed by atoms with E-state index in [1.54, 1.807) is 27.7 Å². The molecule has 7 heteroatoms. The Morgan fingerprint density at radius 1 is 1.00 bits per heavy atom. The Morgan fingerprint density at radius 3 is 1.79 bits per heavy atom. The van der Waals surface area contributed by atoms with Gasteiger partial charge in [-0.2, -0.15) is 0 Å². The van der Waals surface area contributed by atoms with Gasteiger partial charge in [-0.15, -0.1) is 0 Å². The van der Waals surface area contributed by atoms with Crippen molar-refractivity contribution in [2.45, 2.75) is 38.9 Å². The van der Waals surface area contributed by atoms with E-state index in [4.69, 9.17) is 25.4 Å². The summed E-state index contributed by atoms with van der Waals surface area (Å²) in [5.74, 6) is 0.225. The Balaban J connectivity index is 0.000000362. The molecule has 0 fully saturated rings. The topological polar surface area (TPSA) is 110 Å². The zero-order chi connectivity index (χ0) is 15.3. The highest BCUT2D eigenvalue weighted by molar-refractivity contribution is 6.33. The SMILES string of the molecule is CC(C)(O)C(C)(C)O.OB(O)Oc1cccc(O)c1. The third-order valence-electron chi connectivity index (χ3n) is 2.56. The smallest absolute Gasteiger partial charge is 0.512 e. The maximum absolute atomic E-state index is 9.10. The van der Waals surface area contributed by atoms with E-state index in [1.165, 1.54) is 24.3 Å². The first-order chi connectivity index (χ1) is 8.43. The van der Waals surface area contributed by atoms with E-state index in [0.29, 0.717) is 0 Å². The molecule has 0 unspecified atom stereocenters. The van der Waals surface area contributed by atoms with Crippen LogP contribution in [0.5, 0.6) is 11.5 Å². The Bertz CT molecular complexity index is 369.